The summed E-state index contributed by atoms with van der Waals surface area (Å²) in [5, 5.41) is 0. The van der Waals surface area contributed by atoms with Crippen LogP contribution < -0.4 is 0 Å². The molecule has 0 saturated heterocycles. The third-order valence-electron chi connectivity index (χ3n) is 6.78. The van der Waals surface area contributed by atoms with Crippen molar-refractivity contribution in [3.8, 4) is 0 Å². The van der Waals surface area contributed by atoms with Crippen molar-refractivity contribution in [2.75, 3.05) is 0 Å². The van der Waals surface area contributed by atoms with Crippen LogP contribution >= 0.6 is 0 Å². The Morgan fingerprint density at radius 2 is 1.78 bits per heavy atom. The second-order valence-electron chi connectivity index (χ2n) is 8.12. The molecular formula is C18H34. The lowest BCUT2D eigenvalue weighted by Crippen LogP contribution is -2.55. The van der Waals surface area contributed by atoms with E-state index in [0.717, 1.165) is 23.7 Å². The summed E-state index contributed by atoms with van der Waals surface area (Å²) in [6, 6.07) is 0. The van der Waals surface area contributed by atoms with Gasteiger partial charge in [0.1, 0.15) is 0 Å². The fourth-order valence-electron chi connectivity index (χ4n) is 5.32. The number of hydrogen-bond donors (Lipinski definition) is 0. The van der Waals surface area contributed by atoms with E-state index in [1.807, 2.05) is 0 Å². The molecule has 0 radical (unpaired) electrons. The van der Waals surface area contributed by atoms with E-state index in [2.05, 4.69) is 41.5 Å². The zero-order valence-electron chi connectivity index (χ0n) is 13.6. The van der Waals surface area contributed by atoms with Crippen molar-refractivity contribution in [1.29, 1.82) is 0 Å². The topological polar surface area (TPSA) is 0 Å². The lowest BCUT2D eigenvalue weighted by molar-refractivity contribution is -0.142. The molecular weight excluding hydrogens is 216 g/mol. The summed E-state index contributed by atoms with van der Waals surface area (Å²) in [4.78, 5) is 0. The average molecular weight is 250 g/mol. The minimum Gasteiger partial charge on any atom is -0.0648 e. The van der Waals surface area contributed by atoms with Gasteiger partial charge in [0.2, 0.25) is 0 Å². The minimum absolute atomic E-state index is 0.645. The maximum absolute atomic E-state index is 2.57. The maximum Gasteiger partial charge on any atom is -0.0218 e. The highest BCUT2D eigenvalue weighted by molar-refractivity contribution is 5.09. The third-order valence-corrected chi connectivity index (χ3v) is 6.78. The Labute approximate surface area is 115 Å². The van der Waals surface area contributed by atoms with Gasteiger partial charge >= 0.3 is 0 Å². The Hall–Kier alpha value is 0. The standard InChI is InChI=1S/C18H34/c1-7-17(6)11-14(5)18(17,8-2)12-16-10-15(16)9-13(3)4/h13-16H,7-12H2,1-6H3. The van der Waals surface area contributed by atoms with Crippen LogP contribution in [0.3, 0.4) is 0 Å². The summed E-state index contributed by atoms with van der Waals surface area (Å²) in [7, 11) is 0. The largest absolute Gasteiger partial charge is 0.0648 e. The first kappa shape index (κ1) is 14.4. The van der Waals surface area contributed by atoms with Gasteiger partial charge in [-0.25, -0.2) is 0 Å². The zero-order valence-corrected chi connectivity index (χ0v) is 13.6. The second kappa shape index (κ2) is 4.84. The van der Waals surface area contributed by atoms with Crippen LogP contribution in [0.5, 0.6) is 0 Å². The Morgan fingerprint density at radius 3 is 2.22 bits per heavy atom. The van der Waals surface area contributed by atoms with Crippen LogP contribution in [-0.2, 0) is 0 Å². The molecule has 0 heteroatoms. The Bertz CT molecular complexity index is 292. The molecule has 0 amide bonds. The normalized spacial score (nSPS) is 47.2. The molecule has 18 heavy (non-hydrogen) atoms. The van der Waals surface area contributed by atoms with Crippen molar-refractivity contribution >= 4 is 0 Å². The van der Waals surface area contributed by atoms with Crippen molar-refractivity contribution < 1.29 is 0 Å². The van der Waals surface area contributed by atoms with Crippen molar-refractivity contribution in [1.82, 2.24) is 0 Å². The Kier molecular flexibility index (Phi) is 3.87. The lowest BCUT2D eigenvalue weighted by Gasteiger charge is -2.63. The van der Waals surface area contributed by atoms with E-state index in [4.69, 9.17) is 0 Å². The van der Waals surface area contributed by atoms with Gasteiger partial charge in [0.25, 0.3) is 0 Å². The Morgan fingerprint density at radius 1 is 1.11 bits per heavy atom. The molecule has 0 aromatic rings. The van der Waals surface area contributed by atoms with Gasteiger partial charge in [-0.05, 0) is 66.6 Å². The Balaban J connectivity index is 1.98. The van der Waals surface area contributed by atoms with E-state index in [1.54, 1.807) is 0 Å². The van der Waals surface area contributed by atoms with Gasteiger partial charge in [0.15, 0.2) is 0 Å². The van der Waals surface area contributed by atoms with Crippen LogP contribution in [-0.4, -0.2) is 0 Å². The monoisotopic (exact) mass is 250 g/mol. The molecule has 0 spiro atoms. The summed E-state index contributed by atoms with van der Waals surface area (Å²) in [6.45, 7) is 14.7. The van der Waals surface area contributed by atoms with E-state index in [1.165, 1.54) is 38.5 Å². The first-order valence-electron chi connectivity index (χ1n) is 8.38. The van der Waals surface area contributed by atoms with E-state index in [9.17, 15) is 0 Å². The van der Waals surface area contributed by atoms with Gasteiger partial charge in [-0.15, -0.1) is 0 Å². The molecule has 0 N–H and O–H groups in total. The van der Waals surface area contributed by atoms with Crippen molar-refractivity contribution in [2.45, 2.75) is 80.1 Å². The molecule has 0 aromatic heterocycles. The third kappa shape index (κ3) is 2.14. The first-order chi connectivity index (χ1) is 8.38. The van der Waals surface area contributed by atoms with Gasteiger partial charge in [-0.3, -0.25) is 0 Å². The molecule has 0 bridgehead atoms. The predicted molar refractivity (Wildman–Crippen MR) is 80.6 cm³/mol. The summed E-state index contributed by atoms with van der Waals surface area (Å²) in [5.41, 5.74) is 1.32. The van der Waals surface area contributed by atoms with Crippen molar-refractivity contribution in [3.63, 3.8) is 0 Å². The van der Waals surface area contributed by atoms with Gasteiger partial charge in [0.05, 0.1) is 0 Å². The van der Waals surface area contributed by atoms with Crippen LogP contribution in [0, 0.1) is 34.5 Å². The van der Waals surface area contributed by atoms with Crippen LogP contribution in [0.2, 0.25) is 0 Å². The van der Waals surface area contributed by atoms with Gasteiger partial charge in [0, 0.05) is 0 Å². The molecule has 2 saturated carbocycles. The second-order valence-corrected chi connectivity index (χ2v) is 8.12. The number of rotatable bonds is 6. The highest BCUT2D eigenvalue weighted by atomic mass is 14.6. The fourth-order valence-corrected chi connectivity index (χ4v) is 5.32. The highest BCUT2D eigenvalue weighted by Gasteiger charge is 2.60. The van der Waals surface area contributed by atoms with Gasteiger partial charge in [-0.2, -0.15) is 0 Å². The zero-order chi connectivity index (χ0) is 13.6. The molecule has 5 atom stereocenters. The SMILES string of the molecule is CCC1(C)CC(C)C1(CC)CC1CC1CC(C)C. The van der Waals surface area contributed by atoms with Crippen LogP contribution in [0.15, 0.2) is 0 Å². The first-order valence-corrected chi connectivity index (χ1v) is 8.38. The molecule has 2 aliphatic carbocycles. The molecule has 0 heterocycles. The smallest absolute Gasteiger partial charge is 0.0218 e. The maximum atomic E-state index is 2.57. The minimum atomic E-state index is 0.645. The summed E-state index contributed by atoms with van der Waals surface area (Å²) >= 11 is 0. The van der Waals surface area contributed by atoms with Crippen LogP contribution in [0.4, 0.5) is 0 Å². The quantitative estimate of drug-likeness (QED) is 0.549. The lowest BCUT2D eigenvalue weighted by atomic mass is 9.41. The van der Waals surface area contributed by atoms with Gasteiger partial charge in [-0.1, -0.05) is 48.0 Å². The summed E-state index contributed by atoms with van der Waals surface area (Å²) in [5.74, 6) is 4.00. The summed E-state index contributed by atoms with van der Waals surface area (Å²) in [6.07, 6.45) is 8.80. The van der Waals surface area contributed by atoms with Gasteiger partial charge < -0.3 is 0 Å². The van der Waals surface area contributed by atoms with E-state index in [-0.39, 0.29) is 0 Å². The molecule has 0 aromatic carbocycles. The van der Waals surface area contributed by atoms with Crippen LogP contribution in [0.25, 0.3) is 0 Å². The molecule has 0 aliphatic heterocycles. The van der Waals surface area contributed by atoms with Crippen molar-refractivity contribution in [3.05, 3.63) is 0 Å². The molecule has 2 fully saturated rings. The average Bonchev–Trinajstić information content (AvgIpc) is 3.02. The van der Waals surface area contributed by atoms with Crippen molar-refractivity contribution in [2.24, 2.45) is 34.5 Å². The fraction of sp³-hybridized carbons (Fsp3) is 1.00. The van der Waals surface area contributed by atoms with E-state index >= 15 is 0 Å². The predicted octanol–water partition coefficient (Wildman–Crippen LogP) is 5.91. The number of hydrogen-bond acceptors (Lipinski definition) is 0. The van der Waals surface area contributed by atoms with E-state index < -0.39 is 0 Å². The molecule has 5 unspecified atom stereocenters. The molecule has 106 valence electrons. The molecule has 0 nitrogen and oxygen atoms in total. The van der Waals surface area contributed by atoms with Crippen LogP contribution in [0.1, 0.15) is 80.1 Å². The summed E-state index contributed by atoms with van der Waals surface area (Å²) < 4.78 is 0. The highest BCUT2D eigenvalue weighted by Crippen LogP contribution is 2.69. The van der Waals surface area contributed by atoms with E-state index in [0.29, 0.717) is 10.8 Å². The molecule has 2 aliphatic rings. The molecule has 2 rings (SSSR count).